The molecule has 7 heteroatoms. The van der Waals surface area contributed by atoms with E-state index in [1.807, 2.05) is 30.3 Å². The number of ether oxygens (including phenoxy) is 2. The molecule has 0 saturated carbocycles. The molecule has 1 atom stereocenters. The van der Waals surface area contributed by atoms with Gasteiger partial charge in [0.1, 0.15) is 0 Å². The van der Waals surface area contributed by atoms with Gasteiger partial charge in [-0.2, -0.15) is 5.10 Å². The molecular weight excluding hydrogens is 334 g/mol. The molecule has 0 radical (unpaired) electrons. The third kappa shape index (κ3) is 3.71. The van der Waals surface area contributed by atoms with E-state index in [1.165, 1.54) is 7.11 Å². The number of rotatable bonds is 5. The van der Waals surface area contributed by atoms with Gasteiger partial charge in [0.25, 0.3) is 5.91 Å². The van der Waals surface area contributed by atoms with E-state index in [2.05, 4.69) is 5.10 Å². The van der Waals surface area contributed by atoms with Gasteiger partial charge in [-0.15, -0.1) is 0 Å². The van der Waals surface area contributed by atoms with Crippen LogP contribution in [-0.2, 0) is 9.53 Å². The van der Waals surface area contributed by atoms with Crippen molar-refractivity contribution in [3.05, 3.63) is 42.2 Å². The molecule has 26 heavy (non-hydrogen) atoms. The van der Waals surface area contributed by atoms with Crippen LogP contribution >= 0.6 is 0 Å². The smallest absolute Gasteiger partial charge is 0.310 e. The Morgan fingerprint density at radius 2 is 2.04 bits per heavy atom. The first-order valence-electron chi connectivity index (χ1n) is 8.79. The molecule has 138 valence electrons. The molecular formula is C19H23N3O4. The first-order chi connectivity index (χ1) is 12.6. The van der Waals surface area contributed by atoms with E-state index in [0.29, 0.717) is 25.4 Å². The normalized spacial score (nSPS) is 17.0. The SMILES string of the molecule is CCOC(=O)C1CCCN(C(=O)c2nn(-c3ccccc3)cc2OC)C1. The molecule has 1 unspecified atom stereocenters. The summed E-state index contributed by atoms with van der Waals surface area (Å²) in [6, 6.07) is 9.52. The fourth-order valence-electron chi connectivity index (χ4n) is 3.13. The molecule has 3 rings (SSSR count). The minimum Gasteiger partial charge on any atom is -0.493 e. The number of hydrogen-bond acceptors (Lipinski definition) is 5. The number of methoxy groups -OCH3 is 1. The van der Waals surface area contributed by atoms with Crippen molar-refractivity contribution in [3.8, 4) is 11.4 Å². The summed E-state index contributed by atoms with van der Waals surface area (Å²) in [6.45, 7) is 3.07. The van der Waals surface area contributed by atoms with Gasteiger partial charge in [-0.25, -0.2) is 4.68 Å². The van der Waals surface area contributed by atoms with Crippen molar-refractivity contribution in [1.29, 1.82) is 0 Å². The van der Waals surface area contributed by atoms with Crippen molar-refractivity contribution >= 4 is 11.9 Å². The fraction of sp³-hybridized carbons (Fsp3) is 0.421. The molecule has 1 saturated heterocycles. The van der Waals surface area contributed by atoms with E-state index in [1.54, 1.807) is 22.7 Å². The molecule has 2 aromatic rings. The van der Waals surface area contributed by atoms with Crippen molar-refractivity contribution in [2.45, 2.75) is 19.8 Å². The lowest BCUT2D eigenvalue weighted by Gasteiger charge is -2.31. The van der Waals surface area contributed by atoms with Crippen LogP contribution in [0.2, 0.25) is 0 Å². The van der Waals surface area contributed by atoms with Crippen LogP contribution in [0, 0.1) is 5.92 Å². The number of carbonyl (C=O) groups is 2. The zero-order valence-corrected chi connectivity index (χ0v) is 15.1. The van der Waals surface area contributed by atoms with Gasteiger partial charge in [-0.1, -0.05) is 18.2 Å². The summed E-state index contributed by atoms with van der Waals surface area (Å²) in [5, 5.41) is 4.42. The number of para-hydroxylation sites is 1. The van der Waals surface area contributed by atoms with Crippen LogP contribution in [0.3, 0.4) is 0 Å². The molecule has 1 aliphatic heterocycles. The highest BCUT2D eigenvalue weighted by molar-refractivity contribution is 5.95. The summed E-state index contributed by atoms with van der Waals surface area (Å²) in [4.78, 5) is 26.6. The minimum absolute atomic E-state index is 0.231. The summed E-state index contributed by atoms with van der Waals surface area (Å²) in [7, 11) is 1.51. The third-order valence-electron chi connectivity index (χ3n) is 4.45. The molecule has 1 aromatic carbocycles. The Hall–Kier alpha value is -2.83. The highest BCUT2D eigenvalue weighted by atomic mass is 16.5. The van der Waals surface area contributed by atoms with E-state index in [4.69, 9.17) is 9.47 Å². The van der Waals surface area contributed by atoms with Crippen LogP contribution in [-0.4, -0.2) is 53.4 Å². The zero-order valence-electron chi connectivity index (χ0n) is 15.1. The zero-order chi connectivity index (χ0) is 18.5. The second-order valence-corrected chi connectivity index (χ2v) is 6.17. The molecule has 0 N–H and O–H groups in total. The van der Waals surface area contributed by atoms with E-state index >= 15 is 0 Å². The van der Waals surface area contributed by atoms with Crippen LogP contribution in [0.15, 0.2) is 36.5 Å². The number of benzene rings is 1. The summed E-state index contributed by atoms with van der Waals surface area (Å²) in [6.07, 6.45) is 3.18. The average molecular weight is 357 g/mol. The maximum atomic E-state index is 13.0. The molecule has 0 bridgehead atoms. The van der Waals surface area contributed by atoms with Gasteiger partial charge in [0.15, 0.2) is 11.4 Å². The Morgan fingerprint density at radius 1 is 1.27 bits per heavy atom. The van der Waals surface area contributed by atoms with Crippen molar-refractivity contribution in [2.24, 2.45) is 5.92 Å². The summed E-state index contributed by atoms with van der Waals surface area (Å²) in [5.74, 6) is -0.343. The average Bonchev–Trinajstić information content (AvgIpc) is 3.13. The first kappa shape index (κ1) is 18.0. The van der Waals surface area contributed by atoms with E-state index in [-0.39, 0.29) is 23.5 Å². The Balaban J connectivity index is 1.81. The number of piperidine rings is 1. The Bertz CT molecular complexity index is 772. The molecule has 1 fully saturated rings. The predicted molar refractivity (Wildman–Crippen MR) is 95.4 cm³/mol. The minimum atomic E-state index is -0.283. The highest BCUT2D eigenvalue weighted by Gasteiger charge is 2.32. The van der Waals surface area contributed by atoms with E-state index in [9.17, 15) is 9.59 Å². The highest BCUT2D eigenvalue weighted by Crippen LogP contribution is 2.24. The van der Waals surface area contributed by atoms with Crippen LogP contribution in [0.25, 0.3) is 5.69 Å². The monoisotopic (exact) mass is 357 g/mol. The predicted octanol–water partition coefficient (Wildman–Crippen LogP) is 2.30. The van der Waals surface area contributed by atoms with Gasteiger partial charge in [-0.05, 0) is 31.9 Å². The number of amides is 1. The molecule has 1 aromatic heterocycles. The van der Waals surface area contributed by atoms with Crippen LogP contribution in [0.5, 0.6) is 5.75 Å². The van der Waals surface area contributed by atoms with Crippen LogP contribution in [0.4, 0.5) is 0 Å². The molecule has 7 nitrogen and oxygen atoms in total. The Morgan fingerprint density at radius 3 is 2.73 bits per heavy atom. The number of nitrogens with zero attached hydrogens (tertiary/aromatic N) is 3. The molecule has 0 spiro atoms. The summed E-state index contributed by atoms with van der Waals surface area (Å²) in [5.41, 5.74) is 1.09. The Labute approximate surface area is 152 Å². The number of carbonyl (C=O) groups excluding carboxylic acids is 2. The number of hydrogen-bond donors (Lipinski definition) is 0. The van der Waals surface area contributed by atoms with E-state index < -0.39 is 0 Å². The number of likely N-dealkylation sites (tertiary alicyclic amines) is 1. The molecule has 0 aliphatic carbocycles. The maximum Gasteiger partial charge on any atom is 0.310 e. The van der Waals surface area contributed by atoms with Gasteiger partial charge in [-0.3, -0.25) is 9.59 Å². The summed E-state index contributed by atoms with van der Waals surface area (Å²) < 4.78 is 12.1. The van der Waals surface area contributed by atoms with Gasteiger partial charge < -0.3 is 14.4 Å². The quantitative estimate of drug-likeness (QED) is 0.768. The maximum absolute atomic E-state index is 13.0. The third-order valence-corrected chi connectivity index (χ3v) is 4.45. The van der Waals surface area contributed by atoms with Crippen LogP contribution < -0.4 is 4.74 Å². The summed E-state index contributed by atoms with van der Waals surface area (Å²) >= 11 is 0. The van der Waals surface area contributed by atoms with Crippen LogP contribution in [0.1, 0.15) is 30.3 Å². The molecule has 2 heterocycles. The second-order valence-electron chi connectivity index (χ2n) is 6.17. The second kappa shape index (κ2) is 8.03. The fourth-order valence-corrected chi connectivity index (χ4v) is 3.13. The number of esters is 1. The van der Waals surface area contributed by atoms with Crippen molar-refractivity contribution < 1.29 is 19.1 Å². The Kier molecular flexibility index (Phi) is 5.55. The lowest BCUT2D eigenvalue weighted by atomic mass is 9.98. The van der Waals surface area contributed by atoms with Crippen molar-refractivity contribution in [1.82, 2.24) is 14.7 Å². The van der Waals surface area contributed by atoms with Gasteiger partial charge in [0.2, 0.25) is 0 Å². The standard InChI is InChI=1S/C19H23N3O4/c1-3-26-19(24)14-8-7-11-21(12-14)18(23)17-16(25-2)13-22(20-17)15-9-5-4-6-10-15/h4-6,9-10,13-14H,3,7-8,11-12H2,1-2H3. The molecule has 1 aliphatic rings. The van der Waals surface area contributed by atoms with E-state index in [0.717, 1.165) is 18.5 Å². The van der Waals surface area contributed by atoms with Gasteiger partial charge in [0.05, 0.1) is 31.5 Å². The van der Waals surface area contributed by atoms with Crippen molar-refractivity contribution in [3.63, 3.8) is 0 Å². The van der Waals surface area contributed by atoms with Gasteiger partial charge >= 0.3 is 5.97 Å². The largest absolute Gasteiger partial charge is 0.493 e. The lowest BCUT2D eigenvalue weighted by molar-refractivity contribution is -0.149. The van der Waals surface area contributed by atoms with Gasteiger partial charge in [0, 0.05) is 13.1 Å². The molecule has 1 amide bonds. The lowest BCUT2D eigenvalue weighted by Crippen LogP contribution is -2.43. The van der Waals surface area contributed by atoms with Crippen molar-refractivity contribution in [2.75, 3.05) is 26.8 Å². The topological polar surface area (TPSA) is 73.7 Å². The number of aromatic nitrogens is 2. The first-order valence-corrected chi connectivity index (χ1v) is 8.79.